The fourth-order valence-electron chi connectivity index (χ4n) is 4.42. The smallest absolute Gasteiger partial charge is 0.295 e. The lowest BCUT2D eigenvalue weighted by Gasteiger charge is -2.10. The summed E-state index contributed by atoms with van der Waals surface area (Å²) in [6.07, 6.45) is 10.7. The molecule has 2 N–H and O–H groups in total. The van der Waals surface area contributed by atoms with E-state index < -0.39 is 5.91 Å². The zero-order valence-electron chi connectivity index (χ0n) is 21.1. The summed E-state index contributed by atoms with van der Waals surface area (Å²) in [5.41, 5.74) is 4.87. The van der Waals surface area contributed by atoms with Gasteiger partial charge in [-0.15, -0.1) is 11.5 Å². The summed E-state index contributed by atoms with van der Waals surface area (Å²) >= 11 is 0. The highest BCUT2D eigenvalue weighted by molar-refractivity contribution is 5.93. The molecule has 0 saturated carbocycles. The summed E-state index contributed by atoms with van der Waals surface area (Å²) in [4.78, 5) is 20.1. The van der Waals surface area contributed by atoms with Crippen LogP contribution in [0.1, 0.15) is 11.3 Å². The fourth-order valence-corrected chi connectivity index (χ4v) is 4.42. The molecule has 0 unspecified atom stereocenters. The molecular weight excluding hydrogens is 509 g/mol. The number of hydrogen-bond donors (Lipinski definition) is 2. The SMILES string of the molecule is C#CC(=O)NCCc1cn(-c2ccc3ncnc(Nc4ccc5c(cnn5Cc5cccc(F)c5)c4)c3c2)nn1. The summed E-state index contributed by atoms with van der Waals surface area (Å²) < 4.78 is 17.1. The number of nitrogens with one attached hydrogen (secondary N) is 2. The molecule has 40 heavy (non-hydrogen) atoms. The molecule has 10 nitrogen and oxygen atoms in total. The van der Waals surface area contributed by atoms with Gasteiger partial charge in [0.2, 0.25) is 0 Å². The van der Waals surface area contributed by atoms with E-state index in [4.69, 9.17) is 6.42 Å². The molecule has 196 valence electrons. The quantitative estimate of drug-likeness (QED) is 0.287. The van der Waals surface area contributed by atoms with E-state index in [9.17, 15) is 9.18 Å². The van der Waals surface area contributed by atoms with Crippen LogP contribution in [-0.2, 0) is 17.8 Å². The molecule has 11 heteroatoms. The second-order valence-electron chi connectivity index (χ2n) is 9.06. The summed E-state index contributed by atoms with van der Waals surface area (Å²) in [7, 11) is 0. The zero-order valence-corrected chi connectivity index (χ0v) is 21.1. The summed E-state index contributed by atoms with van der Waals surface area (Å²) in [5.74, 6) is 1.93. The van der Waals surface area contributed by atoms with Crippen molar-refractivity contribution in [3.8, 4) is 18.0 Å². The number of hydrogen-bond acceptors (Lipinski definition) is 7. The van der Waals surface area contributed by atoms with Crippen molar-refractivity contribution >= 4 is 39.2 Å². The molecule has 3 aromatic heterocycles. The molecular formula is C29H22FN9O. The highest BCUT2D eigenvalue weighted by Gasteiger charge is 2.11. The predicted molar refractivity (Wildman–Crippen MR) is 149 cm³/mol. The van der Waals surface area contributed by atoms with E-state index in [2.05, 4.69) is 36.0 Å². The van der Waals surface area contributed by atoms with Crippen LogP contribution in [-0.4, -0.2) is 47.2 Å². The first-order valence-corrected chi connectivity index (χ1v) is 12.4. The third-order valence-corrected chi connectivity index (χ3v) is 6.35. The molecule has 0 radical (unpaired) electrons. The van der Waals surface area contributed by atoms with Gasteiger partial charge in [0, 0.05) is 29.4 Å². The fraction of sp³-hybridized carbons (Fsp3) is 0.103. The third-order valence-electron chi connectivity index (χ3n) is 6.35. The number of carbonyl (C=O) groups is 1. The minimum Gasteiger partial charge on any atom is -0.345 e. The van der Waals surface area contributed by atoms with Crippen molar-refractivity contribution in [3.05, 3.63) is 96.5 Å². The van der Waals surface area contributed by atoms with Crippen molar-refractivity contribution in [1.82, 2.24) is 40.1 Å². The van der Waals surface area contributed by atoms with Crippen molar-refractivity contribution in [2.45, 2.75) is 13.0 Å². The second kappa shape index (κ2) is 10.6. The number of aromatic nitrogens is 7. The Kier molecular flexibility index (Phi) is 6.56. The van der Waals surface area contributed by atoms with Crippen molar-refractivity contribution < 1.29 is 9.18 Å². The lowest BCUT2D eigenvalue weighted by molar-refractivity contribution is -0.115. The van der Waals surface area contributed by atoms with Crippen LogP contribution in [0.4, 0.5) is 15.9 Å². The average Bonchev–Trinajstić information content (AvgIpc) is 3.60. The Morgan fingerprint density at radius 2 is 2.00 bits per heavy atom. The lowest BCUT2D eigenvalue weighted by Crippen LogP contribution is -2.23. The zero-order chi connectivity index (χ0) is 27.5. The number of rotatable bonds is 8. The van der Waals surface area contributed by atoms with Gasteiger partial charge in [0.1, 0.15) is 18.0 Å². The van der Waals surface area contributed by atoms with E-state index >= 15 is 0 Å². The molecule has 0 aliphatic heterocycles. The Morgan fingerprint density at radius 3 is 2.88 bits per heavy atom. The van der Waals surface area contributed by atoms with Gasteiger partial charge in [0.05, 0.1) is 41.4 Å². The minimum absolute atomic E-state index is 0.268. The Hall–Kier alpha value is -5.63. The van der Waals surface area contributed by atoms with Crippen molar-refractivity contribution in [2.75, 3.05) is 11.9 Å². The molecule has 3 aromatic carbocycles. The summed E-state index contributed by atoms with van der Waals surface area (Å²) in [6, 6.07) is 18.2. The average molecular weight is 532 g/mol. The van der Waals surface area contributed by atoms with Gasteiger partial charge >= 0.3 is 0 Å². The van der Waals surface area contributed by atoms with Crippen LogP contribution in [0.5, 0.6) is 0 Å². The number of amides is 1. The van der Waals surface area contributed by atoms with Crippen molar-refractivity contribution in [3.63, 3.8) is 0 Å². The molecule has 3 heterocycles. The number of terminal acetylenes is 1. The van der Waals surface area contributed by atoms with Crippen LogP contribution in [0, 0.1) is 18.2 Å². The number of benzene rings is 3. The maximum atomic E-state index is 13.6. The molecule has 0 aliphatic rings. The normalized spacial score (nSPS) is 11.0. The Balaban J connectivity index is 1.23. The molecule has 0 atom stereocenters. The predicted octanol–water partition coefficient (Wildman–Crippen LogP) is 3.78. The Labute approximate surface area is 227 Å². The van der Waals surface area contributed by atoms with Gasteiger partial charge in [0.25, 0.3) is 5.91 Å². The summed E-state index contributed by atoms with van der Waals surface area (Å²) in [5, 5.41) is 20.6. The van der Waals surface area contributed by atoms with Crippen LogP contribution < -0.4 is 10.6 Å². The van der Waals surface area contributed by atoms with Crippen LogP contribution in [0.3, 0.4) is 0 Å². The number of anilines is 2. The first kappa shape index (κ1) is 24.7. The van der Waals surface area contributed by atoms with Gasteiger partial charge in [0.15, 0.2) is 0 Å². The van der Waals surface area contributed by atoms with Gasteiger partial charge in [-0.05, 0) is 60.0 Å². The van der Waals surface area contributed by atoms with E-state index in [0.29, 0.717) is 31.0 Å². The highest BCUT2D eigenvalue weighted by atomic mass is 19.1. The third kappa shape index (κ3) is 5.19. The first-order chi connectivity index (χ1) is 19.6. The van der Waals surface area contributed by atoms with Crippen LogP contribution >= 0.6 is 0 Å². The molecule has 6 rings (SSSR count). The first-order valence-electron chi connectivity index (χ1n) is 12.4. The monoisotopic (exact) mass is 531 g/mol. The van der Waals surface area contributed by atoms with Gasteiger partial charge in [-0.2, -0.15) is 5.10 Å². The van der Waals surface area contributed by atoms with E-state index in [1.165, 1.54) is 18.5 Å². The maximum Gasteiger partial charge on any atom is 0.295 e. The van der Waals surface area contributed by atoms with E-state index in [1.807, 2.05) is 53.1 Å². The van der Waals surface area contributed by atoms with E-state index in [-0.39, 0.29) is 5.82 Å². The van der Waals surface area contributed by atoms with Crippen LogP contribution in [0.25, 0.3) is 27.5 Å². The summed E-state index contributed by atoms with van der Waals surface area (Å²) in [6.45, 7) is 0.840. The second-order valence-corrected chi connectivity index (χ2v) is 9.06. The molecule has 1 amide bonds. The number of fused-ring (bicyclic) bond motifs is 2. The Bertz CT molecular complexity index is 1900. The number of carbonyl (C=O) groups excluding carboxylic acids is 1. The van der Waals surface area contributed by atoms with Crippen LogP contribution in [0.15, 0.2) is 79.4 Å². The van der Waals surface area contributed by atoms with Crippen LogP contribution in [0.2, 0.25) is 0 Å². The molecule has 0 saturated heterocycles. The highest BCUT2D eigenvalue weighted by Crippen LogP contribution is 2.27. The van der Waals surface area contributed by atoms with Crippen molar-refractivity contribution in [1.29, 1.82) is 0 Å². The molecule has 6 aromatic rings. The largest absolute Gasteiger partial charge is 0.345 e. The van der Waals surface area contributed by atoms with Gasteiger partial charge in [-0.3, -0.25) is 9.48 Å². The number of nitrogens with zero attached hydrogens (tertiary/aromatic N) is 7. The van der Waals surface area contributed by atoms with Gasteiger partial charge < -0.3 is 10.6 Å². The number of halogens is 1. The molecule has 0 aliphatic carbocycles. The van der Waals surface area contributed by atoms with E-state index in [1.54, 1.807) is 23.1 Å². The lowest BCUT2D eigenvalue weighted by atomic mass is 10.2. The van der Waals surface area contributed by atoms with Gasteiger partial charge in [-0.1, -0.05) is 17.3 Å². The Morgan fingerprint density at radius 1 is 1.07 bits per heavy atom. The van der Waals surface area contributed by atoms with Gasteiger partial charge in [-0.25, -0.2) is 19.0 Å². The van der Waals surface area contributed by atoms with Crippen molar-refractivity contribution in [2.24, 2.45) is 0 Å². The molecule has 0 spiro atoms. The topological polar surface area (TPSA) is 115 Å². The molecule has 0 fully saturated rings. The standard InChI is InChI=1S/C29H22FN9O/c1-2-28(40)31-11-10-23-17-38(37-36-23)24-7-8-26-25(14-24)29(33-18-32-26)35-22-6-9-27-20(13-22)15-34-39(27)16-19-4-3-5-21(30)12-19/h1,3-9,12-15,17-18H,10-11,16H2,(H,31,40)(H,32,33,35). The van der Waals surface area contributed by atoms with E-state index in [0.717, 1.165) is 38.7 Å². The molecule has 0 bridgehead atoms. The minimum atomic E-state index is -0.459. The maximum absolute atomic E-state index is 13.6.